The van der Waals surface area contributed by atoms with Gasteiger partial charge >= 0.3 is 0 Å². The molecule has 2 unspecified atom stereocenters. The highest BCUT2D eigenvalue weighted by Crippen LogP contribution is 2.23. The van der Waals surface area contributed by atoms with Crippen molar-refractivity contribution in [3.63, 3.8) is 0 Å². The summed E-state index contributed by atoms with van der Waals surface area (Å²) in [6, 6.07) is 5.93. The van der Waals surface area contributed by atoms with Crippen LogP contribution in [0.3, 0.4) is 0 Å². The predicted octanol–water partition coefficient (Wildman–Crippen LogP) is 2.67. The smallest absolute Gasteiger partial charge is 0.269 e. The largest absolute Gasteiger partial charge is 0.484 e. The van der Waals surface area contributed by atoms with Crippen LogP contribution >= 0.6 is 0 Å². The zero-order chi connectivity index (χ0) is 15.2. The quantitative estimate of drug-likeness (QED) is 0.668. The van der Waals surface area contributed by atoms with Crippen LogP contribution in [0, 0.1) is 16.0 Å². The number of benzene rings is 1. The summed E-state index contributed by atoms with van der Waals surface area (Å²) in [6.07, 6.45) is 4.55. The van der Waals surface area contributed by atoms with Gasteiger partial charge in [0, 0.05) is 18.2 Å². The fourth-order valence-electron chi connectivity index (χ4n) is 2.59. The molecule has 1 aromatic rings. The van der Waals surface area contributed by atoms with E-state index in [0.717, 1.165) is 19.3 Å². The van der Waals surface area contributed by atoms with E-state index in [1.54, 1.807) is 0 Å². The Kier molecular flexibility index (Phi) is 5.14. The molecule has 6 nitrogen and oxygen atoms in total. The summed E-state index contributed by atoms with van der Waals surface area (Å²) in [5, 5.41) is 13.5. The Hall–Kier alpha value is -2.11. The van der Waals surface area contributed by atoms with Crippen LogP contribution < -0.4 is 10.1 Å². The van der Waals surface area contributed by atoms with Crippen LogP contribution in [0.25, 0.3) is 0 Å². The van der Waals surface area contributed by atoms with Crippen molar-refractivity contribution in [1.29, 1.82) is 0 Å². The lowest BCUT2D eigenvalue weighted by Crippen LogP contribution is -2.43. The van der Waals surface area contributed by atoms with Gasteiger partial charge < -0.3 is 10.1 Å². The Labute approximate surface area is 123 Å². The first kappa shape index (κ1) is 15.3. The molecule has 1 aliphatic carbocycles. The molecule has 0 heterocycles. The van der Waals surface area contributed by atoms with Gasteiger partial charge in [-0.05, 0) is 30.9 Å². The molecular formula is C15H20N2O4. The number of hydrogen-bond acceptors (Lipinski definition) is 4. The number of non-ortho nitro benzene ring substituents is 1. The fourth-order valence-corrected chi connectivity index (χ4v) is 2.59. The molecule has 1 aliphatic rings. The molecule has 1 N–H and O–H groups in total. The third-order valence-corrected chi connectivity index (χ3v) is 3.88. The first-order chi connectivity index (χ1) is 10.1. The summed E-state index contributed by atoms with van der Waals surface area (Å²) in [6.45, 7) is 2.09. The van der Waals surface area contributed by atoms with Gasteiger partial charge in [0.2, 0.25) is 0 Å². The van der Waals surface area contributed by atoms with E-state index in [4.69, 9.17) is 4.74 Å². The molecule has 0 aliphatic heterocycles. The van der Waals surface area contributed by atoms with E-state index in [0.29, 0.717) is 11.7 Å². The highest BCUT2D eigenvalue weighted by atomic mass is 16.6. The molecule has 114 valence electrons. The molecule has 0 spiro atoms. The SMILES string of the molecule is CC1CCCCC1NC(=O)COc1ccc([N+](=O)[O-])cc1. The number of amides is 1. The summed E-state index contributed by atoms with van der Waals surface area (Å²) in [5.41, 5.74) is 0.00262. The lowest BCUT2D eigenvalue weighted by atomic mass is 9.86. The lowest BCUT2D eigenvalue weighted by molar-refractivity contribution is -0.384. The molecule has 6 heteroatoms. The second-order valence-corrected chi connectivity index (χ2v) is 5.48. The molecule has 0 aromatic heterocycles. The van der Waals surface area contributed by atoms with Gasteiger partial charge in [-0.15, -0.1) is 0 Å². The van der Waals surface area contributed by atoms with E-state index in [2.05, 4.69) is 12.2 Å². The van der Waals surface area contributed by atoms with E-state index < -0.39 is 4.92 Å². The van der Waals surface area contributed by atoms with Crippen LogP contribution in [0.4, 0.5) is 5.69 Å². The lowest BCUT2D eigenvalue weighted by Gasteiger charge is -2.29. The number of nitro groups is 1. The average molecular weight is 292 g/mol. The number of hydrogen-bond donors (Lipinski definition) is 1. The standard InChI is InChI=1S/C15H20N2O4/c1-11-4-2-3-5-14(11)16-15(18)10-21-13-8-6-12(7-9-13)17(19)20/h6-9,11,14H,2-5,10H2,1H3,(H,16,18). The molecule has 2 rings (SSSR count). The maximum Gasteiger partial charge on any atom is 0.269 e. The molecular weight excluding hydrogens is 272 g/mol. The minimum absolute atomic E-state index is 0.00262. The van der Waals surface area contributed by atoms with Crippen LogP contribution in [0.2, 0.25) is 0 Å². The van der Waals surface area contributed by atoms with Crippen LogP contribution in [0.5, 0.6) is 5.75 Å². The normalized spacial score (nSPS) is 21.6. The van der Waals surface area contributed by atoms with Gasteiger partial charge in [0.1, 0.15) is 5.75 Å². The first-order valence-electron chi connectivity index (χ1n) is 7.23. The van der Waals surface area contributed by atoms with Crippen molar-refractivity contribution in [2.24, 2.45) is 5.92 Å². The highest BCUT2D eigenvalue weighted by Gasteiger charge is 2.22. The van der Waals surface area contributed by atoms with E-state index >= 15 is 0 Å². The minimum atomic E-state index is -0.471. The molecule has 0 bridgehead atoms. The van der Waals surface area contributed by atoms with Gasteiger partial charge in [0.15, 0.2) is 6.61 Å². The van der Waals surface area contributed by atoms with Crippen LogP contribution in [-0.4, -0.2) is 23.5 Å². The second-order valence-electron chi connectivity index (χ2n) is 5.48. The van der Waals surface area contributed by atoms with E-state index in [9.17, 15) is 14.9 Å². The number of ether oxygens (including phenoxy) is 1. The topological polar surface area (TPSA) is 81.5 Å². The third kappa shape index (κ3) is 4.44. The molecule has 1 fully saturated rings. The van der Waals surface area contributed by atoms with Gasteiger partial charge in [-0.25, -0.2) is 0 Å². The van der Waals surface area contributed by atoms with E-state index in [1.807, 2.05) is 0 Å². The summed E-state index contributed by atoms with van der Waals surface area (Å²) in [5.74, 6) is 0.807. The fraction of sp³-hybridized carbons (Fsp3) is 0.533. The Balaban J connectivity index is 1.79. The molecule has 2 atom stereocenters. The zero-order valence-corrected chi connectivity index (χ0v) is 12.1. The van der Waals surface area contributed by atoms with Crippen molar-refractivity contribution in [3.8, 4) is 5.75 Å². The van der Waals surface area contributed by atoms with Gasteiger partial charge in [0.05, 0.1) is 4.92 Å². The molecule has 0 radical (unpaired) electrons. The molecule has 1 amide bonds. The Morgan fingerprint density at radius 1 is 1.33 bits per heavy atom. The summed E-state index contributed by atoms with van der Waals surface area (Å²) < 4.78 is 5.34. The Morgan fingerprint density at radius 2 is 2.00 bits per heavy atom. The monoisotopic (exact) mass is 292 g/mol. The number of rotatable bonds is 5. The van der Waals surface area contributed by atoms with Gasteiger partial charge in [-0.2, -0.15) is 0 Å². The Morgan fingerprint density at radius 3 is 2.62 bits per heavy atom. The predicted molar refractivity (Wildman–Crippen MR) is 78.2 cm³/mol. The van der Waals surface area contributed by atoms with Gasteiger partial charge in [0.25, 0.3) is 11.6 Å². The van der Waals surface area contributed by atoms with Crippen molar-refractivity contribution < 1.29 is 14.5 Å². The maximum absolute atomic E-state index is 11.9. The molecule has 1 aromatic carbocycles. The zero-order valence-electron chi connectivity index (χ0n) is 12.1. The summed E-state index contributed by atoms with van der Waals surface area (Å²) >= 11 is 0. The van der Waals surface area contributed by atoms with Crippen molar-refractivity contribution in [1.82, 2.24) is 5.32 Å². The van der Waals surface area contributed by atoms with Crippen LogP contribution in [0.15, 0.2) is 24.3 Å². The van der Waals surface area contributed by atoms with E-state index in [-0.39, 0.29) is 24.2 Å². The molecule has 21 heavy (non-hydrogen) atoms. The second kappa shape index (κ2) is 7.06. The maximum atomic E-state index is 11.9. The third-order valence-electron chi connectivity index (χ3n) is 3.88. The number of nitro benzene ring substituents is 1. The molecule has 1 saturated carbocycles. The molecule has 0 saturated heterocycles. The highest BCUT2D eigenvalue weighted by molar-refractivity contribution is 5.77. The van der Waals surface area contributed by atoms with Crippen LogP contribution in [-0.2, 0) is 4.79 Å². The number of nitrogens with one attached hydrogen (secondary N) is 1. The van der Waals surface area contributed by atoms with Crippen molar-refractivity contribution in [3.05, 3.63) is 34.4 Å². The number of nitrogens with zero attached hydrogens (tertiary/aromatic N) is 1. The Bertz CT molecular complexity index is 501. The van der Waals surface area contributed by atoms with Crippen molar-refractivity contribution >= 4 is 11.6 Å². The average Bonchev–Trinajstić information content (AvgIpc) is 2.48. The minimum Gasteiger partial charge on any atom is -0.484 e. The summed E-state index contributed by atoms with van der Waals surface area (Å²) in [4.78, 5) is 21.9. The number of carbonyl (C=O) groups excluding carboxylic acids is 1. The van der Waals surface area contributed by atoms with E-state index in [1.165, 1.54) is 30.7 Å². The van der Waals surface area contributed by atoms with Crippen LogP contribution in [0.1, 0.15) is 32.6 Å². The van der Waals surface area contributed by atoms with Gasteiger partial charge in [-0.1, -0.05) is 19.8 Å². The first-order valence-corrected chi connectivity index (χ1v) is 7.23. The van der Waals surface area contributed by atoms with Crippen molar-refractivity contribution in [2.75, 3.05) is 6.61 Å². The summed E-state index contributed by atoms with van der Waals surface area (Å²) in [7, 11) is 0. The van der Waals surface area contributed by atoms with Gasteiger partial charge in [-0.3, -0.25) is 14.9 Å². The number of carbonyl (C=O) groups is 1. The van der Waals surface area contributed by atoms with Crippen molar-refractivity contribution in [2.45, 2.75) is 38.6 Å².